The van der Waals surface area contributed by atoms with E-state index in [1.165, 1.54) is 32.4 Å². The molecule has 1 atom stereocenters. The first-order valence-electron chi connectivity index (χ1n) is 7.64. The Balaban J connectivity index is 1.90. The monoisotopic (exact) mass is 264 g/mol. The molecular weight excluding hydrogens is 236 g/mol. The van der Waals surface area contributed by atoms with Crippen LogP contribution in [0.5, 0.6) is 0 Å². The summed E-state index contributed by atoms with van der Waals surface area (Å²) < 4.78 is 2.17. The number of imidazole rings is 1. The second-order valence-electron chi connectivity index (χ2n) is 5.81. The summed E-state index contributed by atoms with van der Waals surface area (Å²) in [5, 5.41) is 3.65. The number of hydrogen-bond donors (Lipinski definition) is 1. The molecule has 19 heavy (non-hydrogen) atoms. The molecule has 1 unspecified atom stereocenters. The van der Waals surface area contributed by atoms with Gasteiger partial charge >= 0.3 is 0 Å². The van der Waals surface area contributed by atoms with E-state index in [1.807, 2.05) is 18.7 Å². The van der Waals surface area contributed by atoms with Gasteiger partial charge < -0.3 is 9.88 Å². The second-order valence-corrected chi connectivity index (χ2v) is 5.81. The zero-order chi connectivity index (χ0) is 13.7. The Bertz CT molecular complexity index is 356. The minimum Gasteiger partial charge on any atom is -0.337 e. The van der Waals surface area contributed by atoms with E-state index in [1.54, 1.807) is 0 Å². The molecule has 1 aromatic heterocycles. The Morgan fingerprint density at radius 2 is 2.11 bits per heavy atom. The Kier molecular flexibility index (Phi) is 4.99. The highest BCUT2D eigenvalue weighted by atomic mass is 15.3. The molecule has 2 heterocycles. The number of hydrogen-bond acceptors (Lipinski definition) is 3. The molecule has 4 nitrogen and oxygen atoms in total. The molecule has 1 N–H and O–H groups in total. The zero-order valence-electron chi connectivity index (χ0n) is 12.6. The molecule has 0 spiro atoms. The fourth-order valence-electron chi connectivity index (χ4n) is 3.20. The molecule has 0 saturated carbocycles. The molecule has 4 heteroatoms. The fraction of sp³-hybridized carbons (Fsp3) is 0.800. The number of aromatic nitrogens is 2. The molecule has 0 bridgehead atoms. The average molecular weight is 264 g/mol. The van der Waals surface area contributed by atoms with Gasteiger partial charge in [-0.05, 0) is 26.2 Å². The van der Waals surface area contributed by atoms with E-state index in [2.05, 4.69) is 40.5 Å². The molecule has 1 aliphatic rings. The third-order valence-electron chi connectivity index (χ3n) is 4.66. The molecule has 108 valence electrons. The lowest BCUT2D eigenvalue weighted by Gasteiger charge is -2.49. The van der Waals surface area contributed by atoms with E-state index < -0.39 is 0 Å². The first kappa shape index (κ1) is 14.5. The van der Waals surface area contributed by atoms with Crippen molar-refractivity contribution >= 4 is 0 Å². The standard InChI is InChI=1S/C15H28N4/c1-4-15(5-2)12-17-14(3)11-19(15)9-6-8-18-10-7-16-13-18/h7,10,13-14,17H,4-6,8-9,11-12H2,1-3H3. The summed E-state index contributed by atoms with van der Waals surface area (Å²) >= 11 is 0. The van der Waals surface area contributed by atoms with Crippen LogP contribution in [-0.2, 0) is 6.54 Å². The first-order chi connectivity index (χ1) is 9.20. The van der Waals surface area contributed by atoms with Crippen molar-refractivity contribution in [1.29, 1.82) is 0 Å². The van der Waals surface area contributed by atoms with Crippen LogP contribution in [0.4, 0.5) is 0 Å². The predicted octanol–water partition coefficient (Wildman–Crippen LogP) is 2.13. The molecule has 1 aromatic rings. The molecule has 1 fully saturated rings. The van der Waals surface area contributed by atoms with Gasteiger partial charge in [-0.25, -0.2) is 4.98 Å². The Morgan fingerprint density at radius 1 is 1.32 bits per heavy atom. The number of nitrogens with zero attached hydrogens (tertiary/aromatic N) is 3. The van der Waals surface area contributed by atoms with Crippen molar-refractivity contribution in [3.8, 4) is 0 Å². The Morgan fingerprint density at radius 3 is 2.74 bits per heavy atom. The largest absolute Gasteiger partial charge is 0.337 e. The molecule has 1 aliphatic heterocycles. The van der Waals surface area contributed by atoms with Crippen molar-refractivity contribution in [2.45, 2.75) is 58.2 Å². The van der Waals surface area contributed by atoms with E-state index in [-0.39, 0.29) is 0 Å². The van der Waals surface area contributed by atoms with Crippen molar-refractivity contribution in [2.75, 3.05) is 19.6 Å². The van der Waals surface area contributed by atoms with Crippen molar-refractivity contribution in [2.24, 2.45) is 0 Å². The SMILES string of the molecule is CCC1(CC)CNC(C)CN1CCCn1ccnc1. The lowest BCUT2D eigenvalue weighted by molar-refractivity contribution is 0.0331. The van der Waals surface area contributed by atoms with Gasteiger partial charge in [0.1, 0.15) is 0 Å². The van der Waals surface area contributed by atoms with Crippen LogP contribution >= 0.6 is 0 Å². The van der Waals surface area contributed by atoms with Crippen LogP contribution in [0.15, 0.2) is 18.7 Å². The average Bonchev–Trinajstić information content (AvgIpc) is 2.93. The third kappa shape index (κ3) is 3.37. The number of piperazine rings is 1. The van der Waals surface area contributed by atoms with E-state index >= 15 is 0 Å². The number of rotatable bonds is 6. The van der Waals surface area contributed by atoms with Gasteiger partial charge in [-0.2, -0.15) is 0 Å². The third-order valence-corrected chi connectivity index (χ3v) is 4.66. The first-order valence-corrected chi connectivity index (χ1v) is 7.64. The van der Waals surface area contributed by atoms with Gasteiger partial charge in [-0.3, -0.25) is 4.90 Å². The summed E-state index contributed by atoms with van der Waals surface area (Å²) in [6.07, 6.45) is 9.48. The molecule has 0 aromatic carbocycles. The van der Waals surface area contributed by atoms with Gasteiger partial charge in [0.25, 0.3) is 0 Å². The summed E-state index contributed by atoms with van der Waals surface area (Å²) in [6.45, 7) is 11.5. The van der Waals surface area contributed by atoms with Crippen LogP contribution in [0.25, 0.3) is 0 Å². The summed E-state index contributed by atoms with van der Waals surface area (Å²) in [7, 11) is 0. The van der Waals surface area contributed by atoms with Crippen LogP contribution in [0, 0.1) is 0 Å². The second kappa shape index (κ2) is 6.53. The smallest absolute Gasteiger partial charge is 0.0945 e. The topological polar surface area (TPSA) is 33.1 Å². The Hall–Kier alpha value is -0.870. The van der Waals surface area contributed by atoms with Crippen LogP contribution in [-0.4, -0.2) is 45.7 Å². The summed E-state index contributed by atoms with van der Waals surface area (Å²) in [6, 6.07) is 0.611. The molecular formula is C15H28N4. The maximum absolute atomic E-state index is 4.10. The maximum Gasteiger partial charge on any atom is 0.0945 e. The van der Waals surface area contributed by atoms with Crippen molar-refractivity contribution in [1.82, 2.24) is 19.8 Å². The van der Waals surface area contributed by atoms with Gasteiger partial charge in [0.05, 0.1) is 6.33 Å². The van der Waals surface area contributed by atoms with Gasteiger partial charge in [0.15, 0.2) is 0 Å². The van der Waals surface area contributed by atoms with Gasteiger partial charge in [0.2, 0.25) is 0 Å². The van der Waals surface area contributed by atoms with Crippen molar-refractivity contribution in [3.63, 3.8) is 0 Å². The van der Waals surface area contributed by atoms with Gasteiger partial charge in [-0.1, -0.05) is 13.8 Å². The molecule has 1 saturated heterocycles. The van der Waals surface area contributed by atoms with E-state index in [0.717, 1.165) is 13.1 Å². The lowest BCUT2D eigenvalue weighted by Crippen LogP contribution is -2.63. The zero-order valence-corrected chi connectivity index (χ0v) is 12.6. The number of aryl methyl sites for hydroxylation is 1. The molecule has 2 rings (SSSR count). The minimum atomic E-state index is 0.363. The van der Waals surface area contributed by atoms with Crippen LogP contribution in [0.2, 0.25) is 0 Å². The molecule has 0 radical (unpaired) electrons. The van der Waals surface area contributed by atoms with E-state index in [9.17, 15) is 0 Å². The molecule has 0 aliphatic carbocycles. The number of nitrogens with one attached hydrogen (secondary N) is 1. The van der Waals surface area contributed by atoms with Crippen LogP contribution in [0.3, 0.4) is 0 Å². The van der Waals surface area contributed by atoms with Crippen LogP contribution < -0.4 is 5.32 Å². The predicted molar refractivity (Wildman–Crippen MR) is 79.2 cm³/mol. The lowest BCUT2D eigenvalue weighted by atomic mass is 9.87. The summed E-state index contributed by atoms with van der Waals surface area (Å²) in [5.41, 5.74) is 0.363. The minimum absolute atomic E-state index is 0.363. The highest BCUT2D eigenvalue weighted by molar-refractivity contribution is 4.96. The Labute approximate surface area is 117 Å². The van der Waals surface area contributed by atoms with Gasteiger partial charge in [-0.15, -0.1) is 0 Å². The van der Waals surface area contributed by atoms with E-state index in [0.29, 0.717) is 11.6 Å². The summed E-state index contributed by atoms with van der Waals surface area (Å²) in [5.74, 6) is 0. The summed E-state index contributed by atoms with van der Waals surface area (Å²) in [4.78, 5) is 6.81. The fourth-order valence-corrected chi connectivity index (χ4v) is 3.20. The normalized spacial score (nSPS) is 23.6. The molecule has 0 amide bonds. The van der Waals surface area contributed by atoms with Crippen molar-refractivity contribution < 1.29 is 0 Å². The highest BCUT2D eigenvalue weighted by Crippen LogP contribution is 2.27. The van der Waals surface area contributed by atoms with Crippen molar-refractivity contribution in [3.05, 3.63) is 18.7 Å². The highest BCUT2D eigenvalue weighted by Gasteiger charge is 2.37. The maximum atomic E-state index is 4.10. The van der Waals surface area contributed by atoms with Crippen LogP contribution in [0.1, 0.15) is 40.0 Å². The van der Waals surface area contributed by atoms with Gasteiger partial charge in [0, 0.05) is 50.2 Å². The van der Waals surface area contributed by atoms with E-state index in [4.69, 9.17) is 0 Å². The quantitative estimate of drug-likeness (QED) is 0.854.